The van der Waals surface area contributed by atoms with Crippen LogP contribution in [0.1, 0.15) is 11.1 Å². The lowest BCUT2D eigenvalue weighted by Crippen LogP contribution is -1.94. The molecule has 0 aliphatic heterocycles. The van der Waals surface area contributed by atoms with Crippen LogP contribution in [0.3, 0.4) is 0 Å². The highest BCUT2D eigenvalue weighted by atomic mass is 32.1. The fraction of sp³-hybridized carbons (Fsp3) is 0. The van der Waals surface area contributed by atoms with Crippen LogP contribution in [0.15, 0.2) is 103 Å². The molecule has 166 valence electrons. The van der Waals surface area contributed by atoms with Crippen LogP contribution in [-0.4, -0.2) is 4.57 Å². The zero-order valence-corrected chi connectivity index (χ0v) is 19.9. The molecule has 0 amide bonds. The number of nitrogens with zero attached hydrogens (tertiary/aromatic N) is 3. The van der Waals surface area contributed by atoms with Gasteiger partial charge in [-0.1, -0.05) is 60.7 Å². The summed E-state index contributed by atoms with van der Waals surface area (Å²) in [6.07, 6.45) is 0. The van der Waals surface area contributed by atoms with Crippen LogP contribution in [0.5, 0.6) is 0 Å². The van der Waals surface area contributed by atoms with E-state index in [1.165, 1.54) is 20.2 Å². The van der Waals surface area contributed by atoms with Gasteiger partial charge in [0.1, 0.15) is 0 Å². The minimum absolute atomic E-state index is 0.505. The van der Waals surface area contributed by atoms with Gasteiger partial charge in [0.2, 0.25) is 0 Å². The van der Waals surface area contributed by atoms with Crippen molar-refractivity contribution in [2.24, 2.45) is 0 Å². The van der Waals surface area contributed by atoms with Gasteiger partial charge in [0.25, 0.3) is 0 Å². The molecule has 0 fully saturated rings. The van der Waals surface area contributed by atoms with Gasteiger partial charge >= 0.3 is 0 Å². The summed E-state index contributed by atoms with van der Waals surface area (Å²) in [4.78, 5) is 0. The summed E-state index contributed by atoms with van der Waals surface area (Å²) >= 11 is 1.81. The molecule has 0 aliphatic rings. The maximum atomic E-state index is 9.87. The Kier molecular flexibility index (Phi) is 4.45. The topological polar surface area (TPSA) is 52.5 Å². The first-order valence-corrected chi connectivity index (χ1v) is 12.5. The molecule has 7 aromatic rings. The third kappa shape index (κ3) is 2.83. The molecular formula is C32H17N3S. The minimum Gasteiger partial charge on any atom is -0.309 e. The number of fused-ring (bicyclic) bond motifs is 6. The molecule has 5 aromatic carbocycles. The van der Waals surface area contributed by atoms with Gasteiger partial charge < -0.3 is 4.57 Å². The number of benzene rings is 5. The number of para-hydroxylation sites is 1. The van der Waals surface area contributed by atoms with E-state index in [4.69, 9.17) is 0 Å². The van der Waals surface area contributed by atoms with Crippen LogP contribution in [0, 0.1) is 22.7 Å². The maximum Gasteiger partial charge on any atom is 0.0998 e. The summed E-state index contributed by atoms with van der Waals surface area (Å²) in [7, 11) is 0. The molecule has 3 nitrogen and oxygen atoms in total. The van der Waals surface area contributed by atoms with Crippen molar-refractivity contribution in [3.63, 3.8) is 0 Å². The molecule has 0 unspecified atom stereocenters. The number of nitriles is 2. The summed E-state index contributed by atoms with van der Waals surface area (Å²) in [6.45, 7) is 0. The third-order valence-corrected chi connectivity index (χ3v) is 8.03. The van der Waals surface area contributed by atoms with Crippen molar-refractivity contribution < 1.29 is 0 Å². The van der Waals surface area contributed by atoms with Gasteiger partial charge in [-0.2, -0.15) is 10.5 Å². The van der Waals surface area contributed by atoms with Gasteiger partial charge in [0.05, 0.1) is 34.3 Å². The number of rotatable bonds is 2. The molecule has 0 radical (unpaired) electrons. The Morgan fingerprint density at radius 1 is 0.583 bits per heavy atom. The maximum absolute atomic E-state index is 9.87. The zero-order chi connectivity index (χ0) is 24.2. The molecule has 36 heavy (non-hydrogen) atoms. The van der Waals surface area contributed by atoms with Crippen LogP contribution in [0.4, 0.5) is 0 Å². The fourth-order valence-corrected chi connectivity index (χ4v) is 6.53. The summed E-state index contributed by atoms with van der Waals surface area (Å²) in [5.74, 6) is 0. The van der Waals surface area contributed by atoms with Crippen LogP contribution < -0.4 is 0 Å². The van der Waals surface area contributed by atoms with E-state index >= 15 is 0 Å². The highest BCUT2D eigenvalue weighted by Crippen LogP contribution is 2.41. The Bertz CT molecular complexity index is 2050. The first kappa shape index (κ1) is 20.5. The standard InChI is InChI=1S/C32H17N3S/c33-18-20-7-5-8-21(19-34)31(20)26-11-6-13-28-32(26)25-10-1-3-12-27(25)35(28)22-15-16-24-23-9-2-4-14-29(23)36-30(24)17-22/h1-17H. The molecule has 0 aliphatic carbocycles. The van der Waals surface area contributed by atoms with Crippen molar-refractivity contribution in [1.82, 2.24) is 4.57 Å². The van der Waals surface area contributed by atoms with Crippen LogP contribution in [0.25, 0.3) is 58.8 Å². The number of hydrogen-bond acceptors (Lipinski definition) is 3. The molecule has 4 heteroatoms. The van der Waals surface area contributed by atoms with E-state index in [2.05, 4.69) is 83.4 Å². The molecular weight excluding hydrogens is 458 g/mol. The lowest BCUT2D eigenvalue weighted by atomic mass is 9.92. The van der Waals surface area contributed by atoms with Crippen molar-refractivity contribution in [1.29, 1.82) is 10.5 Å². The van der Waals surface area contributed by atoms with Crippen LogP contribution in [0.2, 0.25) is 0 Å². The number of hydrogen-bond donors (Lipinski definition) is 0. The van der Waals surface area contributed by atoms with Crippen molar-refractivity contribution in [2.75, 3.05) is 0 Å². The molecule has 2 heterocycles. The van der Waals surface area contributed by atoms with E-state index in [-0.39, 0.29) is 0 Å². The van der Waals surface area contributed by atoms with Gasteiger partial charge in [-0.3, -0.25) is 0 Å². The summed E-state index contributed by atoms with van der Waals surface area (Å²) in [5, 5.41) is 24.4. The minimum atomic E-state index is 0.505. The van der Waals surface area contributed by atoms with Gasteiger partial charge in [-0.15, -0.1) is 11.3 Å². The van der Waals surface area contributed by atoms with E-state index in [1.54, 1.807) is 18.2 Å². The Morgan fingerprint density at radius 2 is 1.25 bits per heavy atom. The van der Waals surface area contributed by atoms with E-state index in [9.17, 15) is 10.5 Å². The zero-order valence-electron chi connectivity index (χ0n) is 19.1. The fourth-order valence-electron chi connectivity index (χ4n) is 5.39. The number of thiophene rings is 1. The SMILES string of the molecule is N#Cc1cccc(C#N)c1-c1cccc2c1c1ccccc1n2-c1ccc2c(c1)sc1ccccc12. The largest absolute Gasteiger partial charge is 0.309 e. The predicted octanol–water partition coefficient (Wildman–Crippen LogP) is 8.56. The molecule has 0 atom stereocenters. The van der Waals surface area contributed by atoms with Crippen molar-refractivity contribution in [2.45, 2.75) is 0 Å². The number of aromatic nitrogens is 1. The lowest BCUT2D eigenvalue weighted by molar-refractivity contribution is 1.19. The van der Waals surface area contributed by atoms with Gasteiger partial charge in [0.15, 0.2) is 0 Å². The molecule has 0 bridgehead atoms. The Morgan fingerprint density at radius 3 is 2.06 bits per heavy atom. The predicted molar refractivity (Wildman–Crippen MR) is 149 cm³/mol. The molecule has 0 N–H and O–H groups in total. The molecule has 0 spiro atoms. The third-order valence-electron chi connectivity index (χ3n) is 6.89. The van der Waals surface area contributed by atoms with Crippen molar-refractivity contribution in [3.8, 4) is 29.0 Å². The summed E-state index contributed by atoms with van der Waals surface area (Å²) < 4.78 is 4.82. The van der Waals surface area contributed by atoms with Crippen LogP contribution in [-0.2, 0) is 0 Å². The molecule has 0 saturated carbocycles. The Balaban J connectivity index is 1.59. The highest BCUT2D eigenvalue weighted by Gasteiger charge is 2.19. The normalized spacial score (nSPS) is 11.3. The molecule has 2 aromatic heterocycles. The van der Waals surface area contributed by atoms with E-state index < -0.39 is 0 Å². The summed E-state index contributed by atoms with van der Waals surface area (Å²) in [6, 6.07) is 39.6. The Labute approximate surface area is 211 Å². The second-order valence-electron chi connectivity index (χ2n) is 8.78. The van der Waals surface area contributed by atoms with E-state index in [0.29, 0.717) is 16.7 Å². The average Bonchev–Trinajstić information content (AvgIpc) is 3.47. The lowest BCUT2D eigenvalue weighted by Gasteiger charge is -2.11. The highest BCUT2D eigenvalue weighted by molar-refractivity contribution is 7.25. The second-order valence-corrected chi connectivity index (χ2v) is 9.87. The Hall–Kier alpha value is -4.90. The quantitative estimate of drug-likeness (QED) is 0.251. The van der Waals surface area contributed by atoms with Gasteiger partial charge in [0, 0.05) is 42.2 Å². The molecule has 0 saturated heterocycles. The monoisotopic (exact) mass is 475 g/mol. The van der Waals surface area contributed by atoms with Crippen LogP contribution >= 0.6 is 11.3 Å². The average molecular weight is 476 g/mol. The second kappa shape index (κ2) is 7.82. The van der Waals surface area contributed by atoms with Gasteiger partial charge in [-0.05, 0) is 48.0 Å². The van der Waals surface area contributed by atoms with Crippen molar-refractivity contribution >= 4 is 53.3 Å². The smallest absolute Gasteiger partial charge is 0.0998 e. The van der Waals surface area contributed by atoms with E-state index in [0.717, 1.165) is 33.1 Å². The first-order valence-electron chi connectivity index (χ1n) is 11.7. The van der Waals surface area contributed by atoms with Crippen molar-refractivity contribution in [3.05, 3.63) is 114 Å². The van der Waals surface area contributed by atoms with Gasteiger partial charge in [-0.25, -0.2) is 0 Å². The summed E-state index contributed by atoms with van der Waals surface area (Å²) in [5.41, 5.74) is 5.83. The first-order chi connectivity index (χ1) is 17.8. The molecule has 7 rings (SSSR count). The van der Waals surface area contributed by atoms with E-state index in [1.807, 2.05) is 29.5 Å².